The second kappa shape index (κ2) is 6.39. The molecule has 0 radical (unpaired) electrons. The van der Waals surface area contributed by atoms with Gasteiger partial charge >= 0.3 is 5.97 Å². The molecule has 1 N–H and O–H groups in total. The first-order valence-corrected chi connectivity index (χ1v) is 6.83. The van der Waals surface area contributed by atoms with Gasteiger partial charge in [0.1, 0.15) is 11.4 Å². The molecule has 5 nitrogen and oxygen atoms in total. The highest BCUT2D eigenvalue weighted by molar-refractivity contribution is 7.98. The van der Waals surface area contributed by atoms with Crippen LogP contribution in [0.2, 0.25) is 0 Å². The molecule has 0 saturated carbocycles. The summed E-state index contributed by atoms with van der Waals surface area (Å²) < 4.78 is 0. The molecule has 1 heterocycles. The van der Waals surface area contributed by atoms with E-state index in [1.165, 1.54) is 18.2 Å². The maximum atomic E-state index is 12.1. The summed E-state index contributed by atoms with van der Waals surface area (Å²) in [7, 11) is 1.69. The normalized spacial score (nSPS) is 11.9. The predicted octanol–water partition coefficient (Wildman–Crippen LogP) is 1.60. The molecule has 1 atom stereocenters. The molecule has 0 aromatic carbocycles. The number of aromatic carboxylic acids is 1. The molecule has 1 aromatic heterocycles. The summed E-state index contributed by atoms with van der Waals surface area (Å²) in [6.45, 7) is 1.94. The number of carboxylic acid groups (broad SMARTS) is 1. The summed E-state index contributed by atoms with van der Waals surface area (Å²) in [5.41, 5.74) is 0.0390. The van der Waals surface area contributed by atoms with Gasteiger partial charge in [0.15, 0.2) is 0 Å². The van der Waals surface area contributed by atoms with E-state index in [-0.39, 0.29) is 23.3 Å². The Morgan fingerprint density at radius 2 is 2.06 bits per heavy atom. The average molecular weight is 268 g/mol. The van der Waals surface area contributed by atoms with Gasteiger partial charge in [-0.15, -0.1) is 0 Å². The number of aromatic nitrogens is 1. The van der Waals surface area contributed by atoms with E-state index >= 15 is 0 Å². The lowest BCUT2D eigenvalue weighted by molar-refractivity contribution is 0.0690. The lowest BCUT2D eigenvalue weighted by atomic mass is 10.2. The molecule has 1 amide bonds. The van der Waals surface area contributed by atoms with Crippen LogP contribution in [0.3, 0.4) is 0 Å². The largest absolute Gasteiger partial charge is 0.477 e. The third kappa shape index (κ3) is 3.46. The minimum Gasteiger partial charge on any atom is -0.477 e. The van der Waals surface area contributed by atoms with Gasteiger partial charge in [0.25, 0.3) is 5.91 Å². The van der Waals surface area contributed by atoms with E-state index in [1.807, 2.05) is 13.2 Å². The van der Waals surface area contributed by atoms with Crippen molar-refractivity contribution >= 4 is 23.6 Å². The molecule has 0 saturated heterocycles. The summed E-state index contributed by atoms with van der Waals surface area (Å²) in [6.07, 6.45) is 1.97. The SMILES string of the molecule is CSCC(C)N(C)C(=O)c1cccc(C(=O)O)n1. The Kier molecular flexibility index (Phi) is 5.15. The Bertz CT molecular complexity index is 451. The van der Waals surface area contributed by atoms with E-state index in [0.717, 1.165) is 5.75 Å². The van der Waals surface area contributed by atoms with Crippen LogP contribution in [0, 0.1) is 0 Å². The first kappa shape index (κ1) is 14.5. The standard InChI is InChI=1S/C12H16N2O3S/c1-8(7-18-3)14(2)11(15)9-5-4-6-10(13-9)12(16)17/h4-6,8H,7H2,1-3H3,(H,16,17). The van der Waals surface area contributed by atoms with Gasteiger partial charge in [-0.05, 0) is 25.3 Å². The van der Waals surface area contributed by atoms with Gasteiger partial charge in [0, 0.05) is 18.8 Å². The monoisotopic (exact) mass is 268 g/mol. The zero-order valence-electron chi connectivity index (χ0n) is 10.6. The lowest BCUT2D eigenvalue weighted by Gasteiger charge is -2.23. The van der Waals surface area contributed by atoms with E-state index < -0.39 is 5.97 Å². The number of pyridine rings is 1. The smallest absolute Gasteiger partial charge is 0.354 e. The minimum absolute atomic E-state index is 0.0720. The molecule has 6 heteroatoms. The minimum atomic E-state index is -1.13. The van der Waals surface area contributed by atoms with Crippen molar-refractivity contribution in [2.24, 2.45) is 0 Å². The third-order valence-electron chi connectivity index (χ3n) is 2.58. The highest BCUT2D eigenvalue weighted by atomic mass is 32.2. The molecule has 0 bridgehead atoms. The third-order valence-corrected chi connectivity index (χ3v) is 3.39. The van der Waals surface area contributed by atoms with Crippen LogP contribution < -0.4 is 0 Å². The number of rotatable bonds is 5. The van der Waals surface area contributed by atoms with Gasteiger partial charge in [-0.1, -0.05) is 6.07 Å². The first-order chi connectivity index (χ1) is 8.47. The van der Waals surface area contributed by atoms with Crippen LogP contribution in [-0.2, 0) is 0 Å². The second-order valence-corrected chi connectivity index (χ2v) is 4.84. The molecular formula is C12H16N2O3S. The van der Waals surface area contributed by atoms with Crippen LogP contribution in [0.5, 0.6) is 0 Å². The first-order valence-electron chi connectivity index (χ1n) is 5.43. The van der Waals surface area contributed by atoms with Crippen LogP contribution in [-0.4, -0.2) is 52.0 Å². The van der Waals surface area contributed by atoms with Gasteiger partial charge in [-0.2, -0.15) is 11.8 Å². The Morgan fingerprint density at radius 3 is 2.61 bits per heavy atom. The Hall–Kier alpha value is -1.56. The van der Waals surface area contributed by atoms with Gasteiger partial charge in [0.05, 0.1) is 0 Å². The maximum Gasteiger partial charge on any atom is 0.354 e. The van der Waals surface area contributed by atoms with Crippen molar-refractivity contribution in [1.82, 2.24) is 9.88 Å². The zero-order chi connectivity index (χ0) is 13.7. The molecule has 98 valence electrons. The van der Waals surface area contributed by atoms with Crippen LogP contribution in [0.4, 0.5) is 0 Å². The Balaban J connectivity index is 2.89. The second-order valence-electron chi connectivity index (χ2n) is 3.93. The molecule has 1 rings (SSSR count). The van der Waals surface area contributed by atoms with Crippen LogP contribution in [0.15, 0.2) is 18.2 Å². The highest BCUT2D eigenvalue weighted by Crippen LogP contribution is 2.09. The molecule has 0 aliphatic carbocycles. The predicted molar refractivity (Wildman–Crippen MR) is 71.1 cm³/mol. The van der Waals surface area contributed by atoms with Crippen molar-refractivity contribution < 1.29 is 14.7 Å². The van der Waals surface area contributed by atoms with Crippen molar-refractivity contribution in [2.75, 3.05) is 19.1 Å². The van der Waals surface area contributed by atoms with Gasteiger partial charge in [0.2, 0.25) is 0 Å². The Morgan fingerprint density at radius 1 is 1.44 bits per heavy atom. The number of thioether (sulfide) groups is 1. The molecule has 0 aliphatic rings. The maximum absolute atomic E-state index is 12.1. The van der Waals surface area contributed by atoms with E-state index in [9.17, 15) is 9.59 Å². The van der Waals surface area contributed by atoms with Crippen LogP contribution >= 0.6 is 11.8 Å². The van der Waals surface area contributed by atoms with E-state index in [2.05, 4.69) is 4.98 Å². The van der Waals surface area contributed by atoms with Gasteiger partial charge < -0.3 is 10.0 Å². The van der Waals surface area contributed by atoms with E-state index in [0.29, 0.717) is 0 Å². The lowest BCUT2D eigenvalue weighted by Crippen LogP contribution is -2.37. The molecular weight excluding hydrogens is 252 g/mol. The molecule has 1 aromatic rings. The molecule has 0 aliphatic heterocycles. The summed E-state index contributed by atoms with van der Waals surface area (Å²) in [6, 6.07) is 4.49. The molecule has 18 heavy (non-hydrogen) atoms. The summed E-state index contributed by atoms with van der Waals surface area (Å²) in [5.74, 6) is -0.579. The fraction of sp³-hybridized carbons (Fsp3) is 0.417. The van der Waals surface area contributed by atoms with Crippen molar-refractivity contribution in [1.29, 1.82) is 0 Å². The summed E-state index contributed by atoms with van der Waals surface area (Å²) >= 11 is 1.65. The number of amides is 1. The van der Waals surface area contributed by atoms with Crippen molar-refractivity contribution in [3.63, 3.8) is 0 Å². The molecule has 0 spiro atoms. The zero-order valence-corrected chi connectivity index (χ0v) is 11.4. The number of carbonyl (C=O) groups is 2. The topological polar surface area (TPSA) is 70.5 Å². The number of hydrogen-bond acceptors (Lipinski definition) is 4. The fourth-order valence-electron chi connectivity index (χ4n) is 1.41. The fourth-order valence-corrected chi connectivity index (χ4v) is 2.11. The van der Waals surface area contributed by atoms with Crippen molar-refractivity contribution in [3.8, 4) is 0 Å². The number of carboxylic acids is 1. The quantitative estimate of drug-likeness (QED) is 0.878. The molecule has 0 fully saturated rings. The van der Waals surface area contributed by atoms with Crippen LogP contribution in [0.25, 0.3) is 0 Å². The number of hydrogen-bond donors (Lipinski definition) is 1. The van der Waals surface area contributed by atoms with Gasteiger partial charge in [-0.3, -0.25) is 4.79 Å². The van der Waals surface area contributed by atoms with E-state index in [1.54, 1.807) is 23.7 Å². The van der Waals surface area contributed by atoms with Crippen LogP contribution in [0.1, 0.15) is 27.9 Å². The summed E-state index contributed by atoms with van der Waals surface area (Å²) in [4.78, 5) is 28.3. The Labute approximate surface area is 110 Å². The number of carbonyl (C=O) groups excluding carboxylic acids is 1. The van der Waals surface area contributed by atoms with E-state index in [4.69, 9.17) is 5.11 Å². The highest BCUT2D eigenvalue weighted by Gasteiger charge is 2.19. The molecule has 1 unspecified atom stereocenters. The van der Waals surface area contributed by atoms with Crippen molar-refractivity contribution in [2.45, 2.75) is 13.0 Å². The van der Waals surface area contributed by atoms with Crippen molar-refractivity contribution in [3.05, 3.63) is 29.6 Å². The van der Waals surface area contributed by atoms with Gasteiger partial charge in [-0.25, -0.2) is 9.78 Å². The average Bonchev–Trinajstić information content (AvgIpc) is 2.37. The summed E-state index contributed by atoms with van der Waals surface area (Å²) in [5, 5.41) is 8.83. The number of nitrogens with zero attached hydrogens (tertiary/aromatic N) is 2.